The van der Waals surface area contributed by atoms with Gasteiger partial charge in [-0.05, 0) is 5.92 Å². The van der Waals surface area contributed by atoms with Crippen molar-refractivity contribution in [3.8, 4) is 0 Å². The third-order valence-corrected chi connectivity index (χ3v) is 2.82. The summed E-state index contributed by atoms with van der Waals surface area (Å²) >= 11 is 3.45. The largest absolute Gasteiger partial charge is 0.380 e. The highest BCUT2D eigenvalue weighted by Gasteiger charge is 2.45. The van der Waals surface area contributed by atoms with Crippen LogP contribution in [0.2, 0.25) is 0 Å². The molecule has 1 saturated carbocycles. The van der Waals surface area contributed by atoms with Gasteiger partial charge in [-0.3, -0.25) is 0 Å². The fourth-order valence-corrected chi connectivity index (χ4v) is 1.55. The Hall–Kier alpha value is 0.440. The highest BCUT2D eigenvalue weighted by Crippen LogP contribution is 2.39. The minimum Gasteiger partial charge on any atom is -0.380 e. The second kappa shape index (κ2) is 1.75. The summed E-state index contributed by atoms with van der Waals surface area (Å²) in [6.07, 6.45) is 0.486. The van der Waals surface area contributed by atoms with E-state index in [9.17, 15) is 0 Å². The SMILES string of the molecule is CO[C@@H]1[C@H](C)[C@@H]1Br. The normalized spacial score (nSPS) is 49.3. The number of hydrogen-bond donors (Lipinski definition) is 0. The van der Waals surface area contributed by atoms with Crippen LogP contribution in [-0.4, -0.2) is 18.0 Å². The third-order valence-electron chi connectivity index (χ3n) is 1.47. The van der Waals surface area contributed by atoms with E-state index in [1.54, 1.807) is 7.11 Å². The molecule has 1 rings (SSSR count). The Kier molecular flexibility index (Phi) is 1.39. The van der Waals surface area contributed by atoms with Gasteiger partial charge in [0, 0.05) is 11.9 Å². The highest BCUT2D eigenvalue weighted by molar-refractivity contribution is 9.09. The summed E-state index contributed by atoms with van der Waals surface area (Å²) in [6, 6.07) is 0. The molecule has 1 aliphatic carbocycles. The maximum atomic E-state index is 5.04. The molecule has 1 aliphatic rings. The molecule has 0 aliphatic heterocycles. The molecule has 0 N–H and O–H groups in total. The average molecular weight is 165 g/mol. The van der Waals surface area contributed by atoms with E-state index >= 15 is 0 Å². The van der Waals surface area contributed by atoms with Gasteiger partial charge in [0.05, 0.1) is 6.10 Å². The number of hydrogen-bond acceptors (Lipinski definition) is 1. The number of methoxy groups -OCH3 is 1. The van der Waals surface area contributed by atoms with Crippen molar-refractivity contribution in [2.75, 3.05) is 7.11 Å². The van der Waals surface area contributed by atoms with Crippen LogP contribution in [0.1, 0.15) is 6.92 Å². The van der Waals surface area contributed by atoms with Gasteiger partial charge in [-0.15, -0.1) is 0 Å². The molecule has 42 valence electrons. The van der Waals surface area contributed by atoms with Gasteiger partial charge in [-0.1, -0.05) is 22.9 Å². The topological polar surface area (TPSA) is 9.23 Å². The van der Waals surface area contributed by atoms with Gasteiger partial charge in [0.2, 0.25) is 0 Å². The van der Waals surface area contributed by atoms with Gasteiger partial charge < -0.3 is 4.74 Å². The van der Waals surface area contributed by atoms with Gasteiger partial charge in [0.25, 0.3) is 0 Å². The van der Waals surface area contributed by atoms with Crippen LogP contribution in [0.25, 0.3) is 0 Å². The van der Waals surface area contributed by atoms with Gasteiger partial charge >= 0.3 is 0 Å². The van der Waals surface area contributed by atoms with Crippen LogP contribution in [-0.2, 0) is 4.74 Å². The molecule has 7 heavy (non-hydrogen) atoms. The first kappa shape index (κ1) is 5.57. The lowest BCUT2D eigenvalue weighted by molar-refractivity contribution is 0.173. The molecular weight excluding hydrogens is 156 g/mol. The van der Waals surface area contributed by atoms with Crippen LogP contribution >= 0.6 is 15.9 Å². The Morgan fingerprint density at radius 2 is 2.00 bits per heavy atom. The standard InChI is InChI=1S/C5H9BrO/c1-3-4(6)5(3)7-2/h3-5H,1-2H3/t3-,4+,5-/m1/s1. The van der Waals surface area contributed by atoms with Crippen molar-refractivity contribution in [3.63, 3.8) is 0 Å². The Balaban J connectivity index is 2.24. The van der Waals surface area contributed by atoms with Gasteiger partial charge in [0.1, 0.15) is 0 Å². The van der Waals surface area contributed by atoms with Crippen LogP contribution in [0.3, 0.4) is 0 Å². The average Bonchev–Trinajstić information content (AvgIpc) is 2.17. The molecule has 0 heterocycles. The second-order valence-corrected chi connectivity index (χ2v) is 3.06. The predicted octanol–water partition coefficient (Wildman–Crippen LogP) is 1.41. The molecule has 0 radical (unpaired) electrons. The predicted molar refractivity (Wildman–Crippen MR) is 32.7 cm³/mol. The molecule has 2 heteroatoms. The van der Waals surface area contributed by atoms with Gasteiger partial charge in [0.15, 0.2) is 0 Å². The highest BCUT2D eigenvalue weighted by atomic mass is 79.9. The molecule has 0 saturated heterocycles. The Morgan fingerprint density at radius 3 is 2.00 bits per heavy atom. The monoisotopic (exact) mass is 164 g/mol. The van der Waals surface area contributed by atoms with Crippen LogP contribution in [0.5, 0.6) is 0 Å². The Bertz CT molecular complexity index is 66.5. The molecule has 0 unspecified atom stereocenters. The smallest absolute Gasteiger partial charge is 0.0736 e. The van der Waals surface area contributed by atoms with Crippen molar-refractivity contribution in [1.82, 2.24) is 0 Å². The first-order valence-electron chi connectivity index (χ1n) is 2.44. The minimum atomic E-state index is 0.486. The van der Waals surface area contributed by atoms with Crippen LogP contribution in [0.15, 0.2) is 0 Å². The van der Waals surface area contributed by atoms with E-state index in [4.69, 9.17) is 4.74 Å². The molecule has 0 aromatic heterocycles. The van der Waals surface area contributed by atoms with E-state index in [1.807, 2.05) is 0 Å². The van der Waals surface area contributed by atoms with Gasteiger partial charge in [-0.25, -0.2) is 0 Å². The molecule has 0 aromatic carbocycles. The second-order valence-electron chi connectivity index (χ2n) is 2.00. The van der Waals surface area contributed by atoms with E-state index in [-0.39, 0.29) is 0 Å². The fraction of sp³-hybridized carbons (Fsp3) is 1.00. The lowest BCUT2D eigenvalue weighted by Gasteiger charge is -1.85. The lowest BCUT2D eigenvalue weighted by atomic mass is 10.5. The Labute approximate surface area is 52.2 Å². The molecule has 0 bridgehead atoms. The van der Waals surface area contributed by atoms with Crippen LogP contribution in [0.4, 0.5) is 0 Å². The molecule has 0 aromatic rings. The van der Waals surface area contributed by atoms with Crippen molar-refractivity contribution in [3.05, 3.63) is 0 Å². The van der Waals surface area contributed by atoms with Crippen LogP contribution in [0, 0.1) is 5.92 Å². The summed E-state index contributed by atoms with van der Waals surface area (Å²) in [6.45, 7) is 2.17. The summed E-state index contributed by atoms with van der Waals surface area (Å²) < 4.78 is 5.04. The van der Waals surface area contributed by atoms with Crippen molar-refractivity contribution < 1.29 is 4.74 Å². The Morgan fingerprint density at radius 1 is 1.57 bits per heavy atom. The van der Waals surface area contributed by atoms with Gasteiger partial charge in [-0.2, -0.15) is 0 Å². The number of halogens is 1. The first-order valence-corrected chi connectivity index (χ1v) is 3.36. The quantitative estimate of drug-likeness (QED) is 0.534. The zero-order chi connectivity index (χ0) is 5.44. The van der Waals surface area contributed by atoms with Crippen molar-refractivity contribution in [2.24, 2.45) is 5.92 Å². The minimum absolute atomic E-state index is 0.486. The maximum absolute atomic E-state index is 5.04. The van der Waals surface area contributed by atoms with Crippen molar-refractivity contribution >= 4 is 15.9 Å². The summed E-state index contributed by atoms with van der Waals surface area (Å²) in [5.74, 6) is 0.727. The van der Waals surface area contributed by atoms with Crippen LogP contribution < -0.4 is 0 Å². The molecule has 1 fully saturated rings. The number of rotatable bonds is 1. The number of ether oxygens (including phenoxy) is 1. The third kappa shape index (κ3) is 0.820. The van der Waals surface area contributed by atoms with E-state index in [2.05, 4.69) is 22.9 Å². The maximum Gasteiger partial charge on any atom is 0.0736 e. The van der Waals surface area contributed by atoms with E-state index in [0.717, 1.165) is 5.92 Å². The van der Waals surface area contributed by atoms with Crippen molar-refractivity contribution in [1.29, 1.82) is 0 Å². The summed E-state index contributed by atoms with van der Waals surface area (Å²) in [5, 5.41) is 0. The number of alkyl halides is 1. The summed E-state index contributed by atoms with van der Waals surface area (Å²) in [7, 11) is 1.75. The zero-order valence-corrected chi connectivity index (χ0v) is 6.10. The summed E-state index contributed by atoms with van der Waals surface area (Å²) in [4.78, 5) is 0.623. The van der Waals surface area contributed by atoms with Crippen molar-refractivity contribution in [2.45, 2.75) is 17.9 Å². The zero-order valence-electron chi connectivity index (χ0n) is 4.52. The summed E-state index contributed by atoms with van der Waals surface area (Å²) in [5.41, 5.74) is 0. The van der Waals surface area contributed by atoms with E-state index in [0.29, 0.717) is 10.9 Å². The van der Waals surface area contributed by atoms with E-state index in [1.165, 1.54) is 0 Å². The molecule has 0 amide bonds. The fourth-order valence-electron chi connectivity index (χ4n) is 0.724. The molecule has 1 nitrogen and oxygen atoms in total. The lowest BCUT2D eigenvalue weighted by Crippen LogP contribution is -1.88. The molecule has 0 spiro atoms. The molecular formula is C5H9BrO. The van der Waals surface area contributed by atoms with E-state index < -0.39 is 0 Å². The first-order chi connectivity index (χ1) is 3.27. The molecule has 3 atom stereocenters.